The summed E-state index contributed by atoms with van der Waals surface area (Å²) in [4.78, 5) is 37.1. The van der Waals surface area contributed by atoms with Gasteiger partial charge in [-0.1, -0.05) is 12.1 Å². The summed E-state index contributed by atoms with van der Waals surface area (Å²) in [6.07, 6.45) is 2.92. The topological polar surface area (TPSA) is 92.2 Å². The van der Waals surface area contributed by atoms with Crippen LogP contribution in [0, 0.1) is 0 Å². The van der Waals surface area contributed by atoms with Crippen LogP contribution in [0.1, 0.15) is 29.1 Å². The van der Waals surface area contributed by atoms with Gasteiger partial charge in [-0.25, -0.2) is 9.97 Å². The molecule has 0 aliphatic heterocycles. The van der Waals surface area contributed by atoms with Gasteiger partial charge in [-0.15, -0.1) is 11.3 Å². The molecule has 3 aromatic heterocycles. The molecule has 7 nitrogen and oxygen atoms in total. The summed E-state index contributed by atoms with van der Waals surface area (Å²) in [5.41, 5.74) is 1.36. The van der Waals surface area contributed by atoms with Crippen LogP contribution in [0.15, 0.2) is 46.8 Å². The molecule has 8 heteroatoms. The maximum atomic E-state index is 12.4. The zero-order valence-electron chi connectivity index (χ0n) is 12.7. The fourth-order valence-corrected chi connectivity index (χ4v) is 3.18. The Labute approximate surface area is 140 Å². The molecule has 0 radical (unpaired) electrons. The van der Waals surface area contributed by atoms with Gasteiger partial charge in [0.15, 0.2) is 4.96 Å². The molecular formula is C16H13N5O2S. The molecule has 0 saturated carbocycles. The van der Waals surface area contributed by atoms with Crippen molar-refractivity contribution in [3.8, 4) is 0 Å². The standard InChI is InChI=1S/C16H13N5O2S/c1-9(13-19-11-4-2-3-5-12(11)20-13)18-14(22)10-8-17-16-21(15(10)23)6-7-24-16/h2-9H,1H3,(H,18,22)(H,19,20)/t9-/m1/s1. The highest BCUT2D eigenvalue weighted by molar-refractivity contribution is 7.15. The van der Waals surface area contributed by atoms with E-state index in [9.17, 15) is 9.59 Å². The number of carbonyl (C=O) groups is 1. The van der Waals surface area contributed by atoms with Crippen LogP contribution < -0.4 is 10.9 Å². The van der Waals surface area contributed by atoms with Gasteiger partial charge in [-0.05, 0) is 19.1 Å². The number of imidazole rings is 1. The molecule has 0 saturated heterocycles. The quantitative estimate of drug-likeness (QED) is 0.598. The lowest BCUT2D eigenvalue weighted by molar-refractivity contribution is 0.0936. The Balaban J connectivity index is 1.62. The highest BCUT2D eigenvalue weighted by Gasteiger charge is 2.18. The van der Waals surface area contributed by atoms with E-state index in [0.29, 0.717) is 10.8 Å². The maximum Gasteiger partial charge on any atom is 0.271 e. The van der Waals surface area contributed by atoms with Crippen LogP contribution in [-0.2, 0) is 0 Å². The SMILES string of the molecule is C[C@@H](NC(=O)c1cnc2sccn2c1=O)c1nc2ccccc2[nH]1. The second-order valence-corrected chi connectivity index (χ2v) is 6.24. The van der Waals surface area contributed by atoms with E-state index in [0.717, 1.165) is 11.0 Å². The average molecular weight is 339 g/mol. The molecule has 0 aliphatic rings. The first-order chi connectivity index (χ1) is 11.6. The van der Waals surface area contributed by atoms with Crippen molar-refractivity contribution in [1.82, 2.24) is 24.7 Å². The van der Waals surface area contributed by atoms with Gasteiger partial charge in [0.2, 0.25) is 0 Å². The molecule has 0 aliphatic carbocycles. The van der Waals surface area contributed by atoms with Crippen LogP contribution in [0.4, 0.5) is 0 Å². The zero-order valence-corrected chi connectivity index (χ0v) is 13.5. The molecule has 2 N–H and O–H groups in total. The third-order valence-corrected chi connectivity index (χ3v) is 4.52. The minimum atomic E-state index is -0.471. The molecule has 1 aromatic carbocycles. The number of thiazole rings is 1. The summed E-state index contributed by atoms with van der Waals surface area (Å²) in [5.74, 6) is 0.162. The van der Waals surface area contributed by atoms with Gasteiger partial charge in [0.05, 0.1) is 17.1 Å². The van der Waals surface area contributed by atoms with E-state index in [1.54, 1.807) is 11.6 Å². The van der Waals surface area contributed by atoms with Gasteiger partial charge in [0.25, 0.3) is 11.5 Å². The zero-order chi connectivity index (χ0) is 16.7. The minimum absolute atomic E-state index is 0.00820. The summed E-state index contributed by atoms with van der Waals surface area (Å²) in [6.45, 7) is 1.81. The van der Waals surface area contributed by atoms with E-state index in [2.05, 4.69) is 20.3 Å². The monoisotopic (exact) mass is 339 g/mol. The molecule has 0 fully saturated rings. The van der Waals surface area contributed by atoms with Gasteiger partial charge < -0.3 is 10.3 Å². The van der Waals surface area contributed by atoms with E-state index in [1.165, 1.54) is 21.9 Å². The van der Waals surface area contributed by atoms with Crippen molar-refractivity contribution in [3.63, 3.8) is 0 Å². The first kappa shape index (κ1) is 14.6. The number of H-pyrrole nitrogens is 1. The van der Waals surface area contributed by atoms with Crippen molar-refractivity contribution in [3.05, 3.63) is 63.8 Å². The molecule has 120 valence electrons. The fourth-order valence-electron chi connectivity index (χ4n) is 2.50. The van der Waals surface area contributed by atoms with E-state index < -0.39 is 5.91 Å². The largest absolute Gasteiger partial charge is 0.342 e. The first-order valence-electron chi connectivity index (χ1n) is 7.34. The highest BCUT2D eigenvalue weighted by Crippen LogP contribution is 2.15. The maximum absolute atomic E-state index is 12.4. The molecule has 3 heterocycles. The van der Waals surface area contributed by atoms with Crippen molar-refractivity contribution in [2.75, 3.05) is 0 Å². The van der Waals surface area contributed by atoms with Crippen LogP contribution in [-0.4, -0.2) is 25.3 Å². The van der Waals surface area contributed by atoms with Crippen molar-refractivity contribution >= 4 is 33.2 Å². The Morgan fingerprint density at radius 2 is 2.21 bits per heavy atom. The molecule has 0 unspecified atom stereocenters. The number of fused-ring (bicyclic) bond motifs is 2. The minimum Gasteiger partial charge on any atom is -0.342 e. The third-order valence-electron chi connectivity index (χ3n) is 3.75. The number of aromatic nitrogens is 4. The second-order valence-electron chi connectivity index (χ2n) is 5.37. The number of nitrogens with zero attached hydrogens (tertiary/aromatic N) is 3. The fraction of sp³-hybridized carbons (Fsp3) is 0.125. The number of benzene rings is 1. The molecule has 24 heavy (non-hydrogen) atoms. The summed E-state index contributed by atoms with van der Waals surface area (Å²) < 4.78 is 1.37. The Kier molecular flexibility index (Phi) is 3.39. The number of aromatic amines is 1. The second kappa shape index (κ2) is 5.57. The van der Waals surface area contributed by atoms with Crippen LogP contribution in [0.25, 0.3) is 16.0 Å². The number of nitrogens with one attached hydrogen (secondary N) is 2. The predicted octanol–water partition coefficient (Wildman–Crippen LogP) is 2.12. The Morgan fingerprint density at radius 3 is 3.04 bits per heavy atom. The predicted molar refractivity (Wildman–Crippen MR) is 91.3 cm³/mol. The number of hydrogen-bond donors (Lipinski definition) is 2. The van der Waals surface area contributed by atoms with Crippen LogP contribution in [0.3, 0.4) is 0 Å². The van der Waals surface area contributed by atoms with Crippen LogP contribution in [0.5, 0.6) is 0 Å². The molecule has 4 rings (SSSR count). The molecule has 0 spiro atoms. The van der Waals surface area contributed by atoms with Gasteiger partial charge in [0, 0.05) is 17.8 Å². The third kappa shape index (κ3) is 2.37. The summed E-state index contributed by atoms with van der Waals surface area (Å²) in [7, 11) is 0. The average Bonchev–Trinajstić information content (AvgIpc) is 3.21. The van der Waals surface area contributed by atoms with Gasteiger partial charge in [-0.3, -0.25) is 14.0 Å². The summed E-state index contributed by atoms with van der Waals surface area (Å²) >= 11 is 1.34. The van der Waals surface area contributed by atoms with Crippen LogP contribution >= 0.6 is 11.3 Å². The molecule has 1 atom stereocenters. The van der Waals surface area contributed by atoms with Crippen LogP contribution in [0.2, 0.25) is 0 Å². The number of para-hydroxylation sites is 2. The lowest BCUT2D eigenvalue weighted by atomic mass is 10.2. The molecule has 1 amide bonds. The van der Waals surface area contributed by atoms with E-state index in [1.807, 2.05) is 31.2 Å². The lowest BCUT2D eigenvalue weighted by Crippen LogP contribution is -2.33. The number of amides is 1. The highest BCUT2D eigenvalue weighted by atomic mass is 32.1. The Bertz CT molecular complexity index is 1080. The molecular weight excluding hydrogens is 326 g/mol. The number of hydrogen-bond acceptors (Lipinski definition) is 5. The van der Waals surface area contributed by atoms with Crippen molar-refractivity contribution in [1.29, 1.82) is 0 Å². The van der Waals surface area contributed by atoms with E-state index in [4.69, 9.17) is 0 Å². The van der Waals surface area contributed by atoms with E-state index >= 15 is 0 Å². The van der Waals surface area contributed by atoms with E-state index in [-0.39, 0.29) is 17.2 Å². The molecule has 0 bridgehead atoms. The van der Waals surface area contributed by atoms with Crippen molar-refractivity contribution in [2.24, 2.45) is 0 Å². The van der Waals surface area contributed by atoms with Crippen molar-refractivity contribution < 1.29 is 4.79 Å². The summed E-state index contributed by atoms with van der Waals surface area (Å²) in [6, 6.07) is 7.26. The Hall–Kier alpha value is -3.00. The Morgan fingerprint density at radius 1 is 1.38 bits per heavy atom. The number of carbonyl (C=O) groups excluding carboxylic acids is 1. The summed E-state index contributed by atoms with van der Waals surface area (Å²) in [5, 5.41) is 4.54. The number of rotatable bonds is 3. The van der Waals surface area contributed by atoms with Gasteiger partial charge >= 0.3 is 0 Å². The first-order valence-corrected chi connectivity index (χ1v) is 8.22. The normalized spacial score (nSPS) is 12.5. The smallest absolute Gasteiger partial charge is 0.271 e. The van der Waals surface area contributed by atoms with Gasteiger partial charge in [0.1, 0.15) is 11.4 Å². The van der Waals surface area contributed by atoms with Crippen molar-refractivity contribution in [2.45, 2.75) is 13.0 Å². The molecule has 4 aromatic rings. The van der Waals surface area contributed by atoms with Gasteiger partial charge in [-0.2, -0.15) is 0 Å². The lowest BCUT2D eigenvalue weighted by Gasteiger charge is -2.11.